The fourth-order valence-corrected chi connectivity index (χ4v) is 3.97. The van der Waals surface area contributed by atoms with Gasteiger partial charge >= 0.3 is 0 Å². The van der Waals surface area contributed by atoms with Crippen molar-refractivity contribution in [1.82, 2.24) is 10.2 Å². The number of anilines is 1. The minimum atomic E-state index is -0.462. The van der Waals surface area contributed by atoms with Crippen LogP contribution in [-0.4, -0.2) is 41.9 Å². The molecule has 1 saturated heterocycles. The van der Waals surface area contributed by atoms with Gasteiger partial charge in [-0.3, -0.25) is 9.59 Å². The first kappa shape index (κ1) is 15.6. The highest BCUT2D eigenvalue weighted by Crippen LogP contribution is 2.45. The monoisotopic (exact) mass is 327 g/mol. The van der Waals surface area contributed by atoms with Crippen LogP contribution in [0.15, 0.2) is 18.2 Å². The molecule has 1 spiro atoms. The summed E-state index contributed by atoms with van der Waals surface area (Å²) < 4.78 is 0. The number of hydrogen-bond acceptors (Lipinski definition) is 3. The van der Waals surface area contributed by atoms with Gasteiger partial charge in [0, 0.05) is 23.3 Å². The van der Waals surface area contributed by atoms with E-state index in [1.807, 2.05) is 18.2 Å². The third-order valence-electron chi connectivity index (χ3n) is 5.77. The van der Waals surface area contributed by atoms with Crippen molar-refractivity contribution < 1.29 is 9.59 Å². The minimum Gasteiger partial charge on any atom is -0.349 e. The lowest BCUT2D eigenvalue weighted by molar-refractivity contribution is -0.122. The minimum absolute atomic E-state index is 0.0191. The molecule has 2 aliphatic heterocycles. The molecule has 24 heavy (non-hydrogen) atoms. The second kappa shape index (κ2) is 5.59. The van der Waals surface area contributed by atoms with E-state index in [-0.39, 0.29) is 11.8 Å². The number of nitrogens with zero attached hydrogens (tertiary/aromatic N) is 1. The van der Waals surface area contributed by atoms with Crippen molar-refractivity contribution in [3.8, 4) is 0 Å². The maximum Gasteiger partial charge on any atom is 0.251 e. The van der Waals surface area contributed by atoms with Gasteiger partial charge in [0.2, 0.25) is 5.91 Å². The van der Waals surface area contributed by atoms with E-state index in [9.17, 15) is 9.59 Å². The summed E-state index contributed by atoms with van der Waals surface area (Å²) in [5.74, 6) is 0.0788. The van der Waals surface area contributed by atoms with Gasteiger partial charge in [-0.15, -0.1) is 0 Å². The predicted molar refractivity (Wildman–Crippen MR) is 93.2 cm³/mol. The average Bonchev–Trinajstić information content (AvgIpc) is 3.34. The van der Waals surface area contributed by atoms with Crippen LogP contribution in [0.5, 0.6) is 0 Å². The van der Waals surface area contributed by atoms with Gasteiger partial charge < -0.3 is 15.5 Å². The lowest BCUT2D eigenvalue weighted by atomic mass is 9.73. The number of benzene rings is 1. The summed E-state index contributed by atoms with van der Waals surface area (Å²) in [5, 5.41) is 6.07. The van der Waals surface area contributed by atoms with Crippen LogP contribution in [0.25, 0.3) is 0 Å². The fourth-order valence-electron chi connectivity index (χ4n) is 3.97. The van der Waals surface area contributed by atoms with Gasteiger partial charge in [0.15, 0.2) is 0 Å². The Morgan fingerprint density at radius 3 is 2.62 bits per heavy atom. The molecule has 4 rings (SSSR count). The molecule has 0 bridgehead atoms. The van der Waals surface area contributed by atoms with E-state index < -0.39 is 5.41 Å². The van der Waals surface area contributed by atoms with Gasteiger partial charge in [-0.05, 0) is 76.4 Å². The molecule has 5 heteroatoms. The van der Waals surface area contributed by atoms with Crippen molar-refractivity contribution in [2.45, 2.75) is 57.0 Å². The Morgan fingerprint density at radius 2 is 2.00 bits per heavy atom. The van der Waals surface area contributed by atoms with Gasteiger partial charge in [0.05, 0.1) is 5.41 Å². The van der Waals surface area contributed by atoms with Crippen molar-refractivity contribution in [3.05, 3.63) is 29.3 Å². The molecule has 2 amide bonds. The predicted octanol–water partition coefficient (Wildman–Crippen LogP) is 2.27. The van der Waals surface area contributed by atoms with Crippen molar-refractivity contribution in [1.29, 1.82) is 0 Å². The van der Waals surface area contributed by atoms with Crippen LogP contribution in [-0.2, 0) is 10.2 Å². The van der Waals surface area contributed by atoms with Gasteiger partial charge in [0.25, 0.3) is 5.91 Å². The Balaban J connectivity index is 1.62. The second-order valence-electron chi connectivity index (χ2n) is 7.67. The average molecular weight is 327 g/mol. The Kier molecular flexibility index (Phi) is 3.64. The summed E-state index contributed by atoms with van der Waals surface area (Å²) in [7, 11) is 0. The number of carbonyl (C=O) groups excluding carboxylic acids is 2. The lowest BCUT2D eigenvalue weighted by Crippen LogP contribution is -2.48. The molecule has 2 N–H and O–H groups in total. The molecule has 1 aromatic carbocycles. The van der Waals surface area contributed by atoms with Crippen molar-refractivity contribution in [3.63, 3.8) is 0 Å². The maximum atomic E-state index is 12.7. The van der Waals surface area contributed by atoms with Crippen LogP contribution in [0.3, 0.4) is 0 Å². The molecule has 3 aliphatic rings. The van der Waals surface area contributed by atoms with Gasteiger partial charge in [-0.25, -0.2) is 0 Å². The number of carbonyl (C=O) groups is 2. The molecule has 5 nitrogen and oxygen atoms in total. The summed E-state index contributed by atoms with van der Waals surface area (Å²) >= 11 is 0. The molecule has 2 heterocycles. The number of piperidine rings is 1. The van der Waals surface area contributed by atoms with Gasteiger partial charge in [0.1, 0.15) is 0 Å². The van der Waals surface area contributed by atoms with Crippen LogP contribution in [0, 0.1) is 0 Å². The zero-order valence-electron chi connectivity index (χ0n) is 14.4. The lowest BCUT2D eigenvalue weighted by Gasteiger charge is -2.39. The molecule has 1 aromatic rings. The smallest absolute Gasteiger partial charge is 0.251 e. The molecule has 0 aromatic heterocycles. The number of fused-ring (bicyclic) bond motifs is 2. The summed E-state index contributed by atoms with van der Waals surface area (Å²) in [6.07, 6.45) is 3.78. The normalized spacial score (nSPS) is 22.5. The van der Waals surface area contributed by atoms with E-state index in [1.54, 1.807) is 0 Å². The number of likely N-dealkylation sites (tertiary alicyclic amines) is 1. The summed E-state index contributed by atoms with van der Waals surface area (Å²) in [5.41, 5.74) is 2.10. The zero-order chi connectivity index (χ0) is 16.9. The van der Waals surface area contributed by atoms with Crippen LogP contribution in [0.4, 0.5) is 5.69 Å². The molecular weight excluding hydrogens is 302 g/mol. The van der Waals surface area contributed by atoms with Crippen LogP contribution >= 0.6 is 0 Å². The third-order valence-corrected chi connectivity index (χ3v) is 5.77. The van der Waals surface area contributed by atoms with Crippen LogP contribution in [0.2, 0.25) is 0 Å². The molecule has 1 saturated carbocycles. The van der Waals surface area contributed by atoms with E-state index in [2.05, 4.69) is 29.4 Å². The zero-order valence-corrected chi connectivity index (χ0v) is 14.4. The number of hydrogen-bond donors (Lipinski definition) is 2. The fraction of sp³-hybridized carbons (Fsp3) is 0.579. The first-order valence-corrected chi connectivity index (χ1v) is 9.00. The highest BCUT2D eigenvalue weighted by molar-refractivity contribution is 6.07. The first-order valence-electron chi connectivity index (χ1n) is 9.00. The SMILES string of the molecule is CC(C)N1CCC2(CC1)C(=O)Nc1ccc(C(=O)NC3CC3)cc12. The number of amides is 2. The molecular formula is C19H25N3O2. The quantitative estimate of drug-likeness (QED) is 0.895. The van der Waals surface area contributed by atoms with E-state index in [0.717, 1.165) is 50.0 Å². The molecule has 1 aliphatic carbocycles. The Labute approximate surface area is 142 Å². The van der Waals surface area contributed by atoms with E-state index in [1.165, 1.54) is 0 Å². The molecule has 2 fully saturated rings. The molecule has 0 atom stereocenters. The van der Waals surface area contributed by atoms with Crippen LogP contribution < -0.4 is 10.6 Å². The maximum absolute atomic E-state index is 12.7. The summed E-state index contributed by atoms with van der Waals surface area (Å²) in [6, 6.07) is 6.49. The van der Waals surface area contributed by atoms with Crippen molar-refractivity contribution >= 4 is 17.5 Å². The van der Waals surface area contributed by atoms with Gasteiger partial charge in [-0.1, -0.05) is 0 Å². The largest absolute Gasteiger partial charge is 0.349 e. The molecule has 128 valence electrons. The number of nitrogens with one attached hydrogen (secondary N) is 2. The second-order valence-corrected chi connectivity index (χ2v) is 7.67. The van der Waals surface area contributed by atoms with Crippen molar-refractivity contribution in [2.75, 3.05) is 18.4 Å². The first-order chi connectivity index (χ1) is 11.5. The number of rotatable bonds is 3. The Bertz CT molecular complexity index is 686. The standard InChI is InChI=1S/C19H25N3O2/c1-12(2)22-9-7-19(8-10-22)15-11-13(17(23)20-14-4-5-14)3-6-16(15)21-18(19)24/h3,6,11-12,14H,4-5,7-10H2,1-2H3,(H,20,23)(H,21,24). The van der Waals surface area contributed by atoms with E-state index >= 15 is 0 Å². The van der Waals surface area contributed by atoms with Gasteiger partial charge in [-0.2, -0.15) is 0 Å². The van der Waals surface area contributed by atoms with E-state index in [4.69, 9.17) is 0 Å². The highest BCUT2D eigenvalue weighted by atomic mass is 16.2. The molecule has 0 radical (unpaired) electrons. The third kappa shape index (κ3) is 2.51. The topological polar surface area (TPSA) is 61.4 Å². The van der Waals surface area contributed by atoms with E-state index in [0.29, 0.717) is 17.6 Å². The Morgan fingerprint density at radius 1 is 1.29 bits per heavy atom. The summed E-state index contributed by atoms with van der Waals surface area (Å²) in [6.45, 7) is 6.23. The highest BCUT2D eigenvalue weighted by Gasteiger charge is 2.48. The molecule has 0 unspecified atom stereocenters. The Hall–Kier alpha value is -1.88. The summed E-state index contributed by atoms with van der Waals surface area (Å²) in [4.78, 5) is 27.5. The van der Waals surface area contributed by atoms with Crippen LogP contribution in [0.1, 0.15) is 55.5 Å². The van der Waals surface area contributed by atoms with Crippen molar-refractivity contribution in [2.24, 2.45) is 0 Å².